The average Bonchev–Trinajstić information content (AvgIpc) is 3.41. The Morgan fingerprint density at radius 3 is 1.65 bits per heavy atom. The van der Waals surface area contributed by atoms with Gasteiger partial charge in [0.25, 0.3) is 0 Å². The molecule has 2 fully saturated rings. The van der Waals surface area contributed by atoms with Crippen LogP contribution >= 0.6 is 0 Å². The van der Waals surface area contributed by atoms with E-state index < -0.39 is 116 Å². The van der Waals surface area contributed by atoms with Crippen molar-refractivity contribution in [3.05, 3.63) is 0 Å². The van der Waals surface area contributed by atoms with Crippen LogP contribution in [0.5, 0.6) is 0 Å². The summed E-state index contributed by atoms with van der Waals surface area (Å²) in [6, 6.07) is 0. The van der Waals surface area contributed by atoms with Crippen molar-refractivity contribution in [1.82, 2.24) is 0 Å². The van der Waals surface area contributed by atoms with Crippen LogP contribution < -0.4 is 0 Å². The van der Waals surface area contributed by atoms with Gasteiger partial charge in [0.1, 0.15) is 67.3 Å². The number of carbonyl (C=O) groups excluding carboxylic acids is 5. The first-order chi connectivity index (χ1) is 25.0. The van der Waals surface area contributed by atoms with Crippen molar-refractivity contribution in [1.29, 1.82) is 0 Å². The molecular formula is C33H58O21. The van der Waals surface area contributed by atoms with E-state index in [1.54, 1.807) is 6.92 Å². The number of aliphatic hydroxyl groups is 9. The van der Waals surface area contributed by atoms with Crippen LogP contribution in [0.2, 0.25) is 0 Å². The molecule has 0 aromatic rings. The monoisotopic (exact) mass is 790 g/mol. The van der Waals surface area contributed by atoms with Gasteiger partial charge in [-0.15, -0.1) is 0 Å². The van der Waals surface area contributed by atoms with Crippen LogP contribution in [0.4, 0.5) is 0 Å². The molecule has 0 aromatic heterocycles. The van der Waals surface area contributed by atoms with E-state index in [1.807, 2.05) is 0 Å². The van der Waals surface area contributed by atoms with Gasteiger partial charge >= 0.3 is 29.8 Å². The Morgan fingerprint density at radius 1 is 0.704 bits per heavy atom. The van der Waals surface area contributed by atoms with Crippen LogP contribution in [0.25, 0.3) is 0 Å². The molecule has 54 heavy (non-hydrogen) atoms. The molecular weight excluding hydrogens is 732 g/mol. The first-order valence-electron chi connectivity index (χ1n) is 17.1. The molecule has 0 aliphatic carbocycles. The third kappa shape index (κ3) is 16.3. The van der Waals surface area contributed by atoms with E-state index in [1.165, 1.54) is 34.6 Å². The van der Waals surface area contributed by atoms with Crippen LogP contribution in [-0.4, -0.2) is 183 Å². The lowest BCUT2D eigenvalue weighted by Crippen LogP contribution is -2.58. The lowest BCUT2D eigenvalue weighted by molar-refractivity contribution is -0.229. The van der Waals surface area contributed by atoms with Crippen LogP contribution in [-0.2, 0) is 57.1 Å². The number of rotatable bonds is 16. The van der Waals surface area contributed by atoms with Crippen LogP contribution in [0.15, 0.2) is 0 Å². The van der Waals surface area contributed by atoms with Gasteiger partial charge in [-0.25, -0.2) is 0 Å². The molecule has 0 bridgehead atoms. The maximum Gasteiger partial charge on any atom is 0.318 e. The average molecular weight is 791 g/mol. The minimum absolute atomic E-state index is 0.0767. The molecule has 2 heterocycles. The highest BCUT2D eigenvalue weighted by atomic mass is 16.7. The van der Waals surface area contributed by atoms with Gasteiger partial charge in [-0.2, -0.15) is 0 Å². The lowest BCUT2D eigenvalue weighted by Gasteiger charge is -2.39. The quantitative estimate of drug-likeness (QED) is 0.0411. The second-order valence-electron chi connectivity index (χ2n) is 13.2. The molecule has 9 N–H and O–H groups in total. The van der Waals surface area contributed by atoms with Crippen molar-refractivity contribution < 1.29 is 103 Å². The van der Waals surface area contributed by atoms with Crippen molar-refractivity contribution in [3.8, 4) is 0 Å². The van der Waals surface area contributed by atoms with Crippen LogP contribution in [0.3, 0.4) is 0 Å². The lowest BCUT2D eigenvalue weighted by atomic mass is 9.92. The van der Waals surface area contributed by atoms with Gasteiger partial charge in [0.2, 0.25) is 0 Å². The Morgan fingerprint density at radius 2 is 1.20 bits per heavy atom. The number of carbonyl (C=O) groups is 5. The van der Waals surface area contributed by atoms with Crippen molar-refractivity contribution >= 4 is 29.8 Å². The minimum Gasteiger partial charge on any atom is -0.466 e. The van der Waals surface area contributed by atoms with E-state index in [2.05, 4.69) is 4.74 Å². The van der Waals surface area contributed by atoms with Gasteiger partial charge in [-0.1, -0.05) is 6.92 Å². The minimum atomic E-state index is -1.60. The molecule has 21 heteroatoms. The maximum atomic E-state index is 12.3. The SMILES string of the molecule is CC(=O)OCC(C)(CO)C(=O)OCC1OC(C)C(O)C(O)C1O.CC(=O)OCCCO.CCC(O)[C@H]1O[C@H](O)[C@H](O)[C@H]1OC(=O)C(C)(CO)COC(C)=O. The van der Waals surface area contributed by atoms with E-state index in [9.17, 15) is 64.8 Å². The molecule has 0 radical (unpaired) electrons. The third-order valence-corrected chi connectivity index (χ3v) is 8.10. The summed E-state index contributed by atoms with van der Waals surface area (Å²) in [5.41, 5.74) is -2.99. The van der Waals surface area contributed by atoms with E-state index in [-0.39, 0.29) is 32.2 Å². The Bertz CT molecular complexity index is 1170. The zero-order valence-electron chi connectivity index (χ0n) is 31.6. The molecule has 0 spiro atoms. The van der Waals surface area contributed by atoms with E-state index >= 15 is 0 Å². The summed E-state index contributed by atoms with van der Waals surface area (Å²) >= 11 is 0. The predicted octanol–water partition coefficient (Wildman–Crippen LogP) is -3.80. The van der Waals surface area contributed by atoms with Crippen molar-refractivity contribution in [3.63, 3.8) is 0 Å². The summed E-state index contributed by atoms with van der Waals surface area (Å²) < 4.78 is 34.4. The highest BCUT2D eigenvalue weighted by molar-refractivity contribution is 5.78. The summed E-state index contributed by atoms with van der Waals surface area (Å²) in [5.74, 6) is -3.31. The summed E-state index contributed by atoms with van der Waals surface area (Å²) in [6.45, 7) is 7.49. The Kier molecular flexibility index (Phi) is 23.0. The number of hydrogen-bond acceptors (Lipinski definition) is 21. The van der Waals surface area contributed by atoms with Crippen LogP contribution in [0, 0.1) is 10.8 Å². The predicted molar refractivity (Wildman–Crippen MR) is 178 cm³/mol. The third-order valence-electron chi connectivity index (χ3n) is 8.10. The molecule has 0 saturated carbocycles. The molecule has 8 unspecified atom stereocenters. The molecule has 0 amide bonds. The van der Waals surface area contributed by atoms with Gasteiger partial charge < -0.3 is 79.1 Å². The van der Waals surface area contributed by atoms with E-state index in [0.29, 0.717) is 13.0 Å². The normalized spacial score (nSPS) is 28.9. The van der Waals surface area contributed by atoms with Gasteiger partial charge in [-0.3, -0.25) is 24.0 Å². The first-order valence-corrected chi connectivity index (χ1v) is 17.1. The molecule has 316 valence electrons. The zero-order chi connectivity index (χ0) is 42.0. The number of esters is 5. The molecule has 2 aliphatic heterocycles. The Hall–Kier alpha value is -3.09. The molecule has 2 aliphatic rings. The highest BCUT2D eigenvalue weighted by Crippen LogP contribution is 2.29. The standard InChI is InChI=1S/2C14H24O9.C5H10O3/c1-7-10(17)12(19)11(18)9(23-7)4-21-13(20)14(3,5-15)6-22-8(2)16;1-4-8(17)10-11(9(18)12(19)22-10)23-13(20)14(3,5-15)6-21-7(2)16;1-5(7)8-4-2-3-6/h7,9-12,15,17-19H,4-6H2,1-3H3;8-12,15,17-19H,4-6H2,1-3H3;6H,2-4H2,1H3/t;8?,9-,10-,11-,12+,14?;/m.1./s1. The fraction of sp³-hybridized carbons (Fsp3) is 0.848. The topological polar surface area (TPSA) is 332 Å². The molecule has 0 aromatic carbocycles. The number of ether oxygens (including phenoxy) is 7. The molecule has 2 saturated heterocycles. The second kappa shape index (κ2) is 24.4. The van der Waals surface area contributed by atoms with Crippen molar-refractivity contribution in [2.45, 2.75) is 123 Å². The fourth-order valence-electron chi connectivity index (χ4n) is 4.37. The summed E-state index contributed by atoms with van der Waals surface area (Å²) in [6.07, 6.45) is -11.7. The van der Waals surface area contributed by atoms with Gasteiger partial charge in [0.15, 0.2) is 12.4 Å². The van der Waals surface area contributed by atoms with Gasteiger partial charge in [0, 0.05) is 33.8 Å². The van der Waals surface area contributed by atoms with E-state index in [4.69, 9.17) is 33.5 Å². The van der Waals surface area contributed by atoms with Crippen molar-refractivity contribution in [2.75, 3.05) is 46.2 Å². The molecule has 2 rings (SSSR count). The fourth-order valence-corrected chi connectivity index (χ4v) is 4.37. The highest BCUT2D eigenvalue weighted by Gasteiger charge is 2.50. The summed E-state index contributed by atoms with van der Waals surface area (Å²) in [4.78, 5) is 56.0. The van der Waals surface area contributed by atoms with Gasteiger partial charge in [-0.05, 0) is 27.2 Å². The molecule has 12 atom stereocenters. The van der Waals surface area contributed by atoms with Crippen LogP contribution in [0.1, 0.15) is 61.3 Å². The number of aliphatic hydroxyl groups excluding tert-OH is 9. The second-order valence-corrected chi connectivity index (χ2v) is 13.2. The molecule has 21 nitrogen and oxygen atoms in total. The van der Waals surface area contributed by atoms with Crippen molar-refractivity contribution in [2.24, 2.45) is 10.8 Å². The maximum absolute atomic E-state index is 12.3. The smallest absolute Gasteiger partial charge is 0.318 e. The number of hydrogen-bond donors (Lipinski definition) is 9. The van der Waals surface area contributed by atoms with Gasteiger partial charge in [0.05, 0.1) is 32.0 Å². The summed E-state index contributed by atoms with van der Waals surface area (Å²) in [7, 11) is 0. The largest absolute Gasteiger partial charge is 0.466 e. The first kappa shape index (κ1) is 50.9. The Labute approximate surface area is 312 Å². The van der Waals surface area contributed by atoms with E-state index in [0.717, 1.165) is 6.92 Å². The summed E-state index contributed by atoms with van der Waals surface area (Å²) in [5, 5.41) is 85.3. The Balaban J connectivity index is 0.000000867. The zero-order valence-corrected chi connectivity index (χ0v) is 31.6.